The average Bonchev–Trinajstić information content (AvgIpc) is 2.43. The predicted molar refractivity (Wildman–Crippen MR) is 59.8 cm³/mol. The Morgan fingerprint density at radius 1 is 1.30 bits per heavy atom. The van der Waals surface area contributed by atoms with E-state index in [0.29, 0.717) is 12.1 Å². The minimum atomic E-state index is -4.73. The van der Waals surface area contributed by atoms with Crippen molar-refractivity contribution in [3.8, 4) is 0 Å². The van der Waals surface area contributed by atoms with Crippen LogP contribution in [0.2, 0.25) is 0 Å². The zero-order valence-corrected chi connectivity index (χ0v) is 10.2. The van der Waals surface area contributed by atoms with Crippen LogP contribution in [0.3, 0.4) is 0 Å². The van der Waals surface area contributed by atoms with Crippen molar-refractivity contribution in [2.24, 2.45) is 0 Å². The zero-order chi connectivity index (χ0) is 15.5. The molecule has 8 heteroatoms. The van der Waals surface area contributed by atoms with Crippen LogP contribution in [0, 0.1) is 0 Å². The summed E-state index contributed by atoms with van der Waals surface area (Å²) in [4.78, 5) is 21.7. The molecule has 110 valence electrons. The van der Waals surface area contributed by atoms with Crippen LogP contribution in [0.5, 0.6) is 0 Å². The number of aliphatic hydroxyl groups excluding tert-OH is 2. The van der Waals surface area contributed by atoms with E-state index in [0.717, 1.165) is 13.2 Å². The Bertz CT molecular complexity index is 512. The van der Waals surface area contributed by atoms with Crippen molar-refractivity contribution in [2.75, 3.05) is 7.11 Å². The van der Waals surface area contributed by atoms with E-state index in [1.807, 2.05) is 0 Å². The van der Waals surface area contributed by atoms with E-state index in [1.165, 1.54) is 0 Å². The molecule has 20 heavy (non-hydrogen) atoms. The van der Waals surface area contributed by atoms with Gasteiger partial charge >= 0.3 is 12.1 Å². The Balaban J connectivity index is 3.24. The molecular weight excluding hydrogens is 281 g/mol. The van der Waals surface area contributed by atoms with Crippen LogP contribution in [0.15, 0.2) is 18.2 Å². The molecule has 0 fully saturated rings. The molecule has 2 atom stereocenters. The Morgan fingerprint density at radius 2 is 1.90 bits per heavy atom. The Hall–Kier alpha value is -1.93. The van der Waals surface area contributed by atoms with Crippen molar-refractivity contribution in [2.45, 2.75) is 18.4 Å². The van der Waals surface area contributed by atoms with Gasteiger partial charge in [0.25, 0.3) is 0 Å². The first-order valence-electron chi connectivity index (χ1n) is 5.32. The van der Waals surface area contributed by atoms with E-state index in [2.05, 4.69) is 4.74 Å². The fourth-order valence-electron chi connectivity index (χ4n) is 1.51. The number of alkyl halides is 3. The summed E-state index contributed by atoms with van der Waals surface area (Å²) < 4.78 is 42.0. The second-order valence-electron chi connectivity index (χ2n) is 3.92. The number of aliphatic hydroxyl groups is 2. The van der Waals surface area contributed by atoms with Gasteiger partial charge in [0.15, 0.2) is 6.10 Å². The highest BCUT2D eigenvalue weighted by Crippen LogP contribution is 2.32. The lowest BCUT2D eigenvalue weighted by atomic mass is 9.99. The summed E-state index contributed by atoms with van der Waals surface area (Å²) in [7, 11) is 0.946. The predicted octanol–water partition coefficient (Wildman–Crippen LogP) is 1.09. The number of carbonyl (C=O) groups is 2. The van der Waals surface area contributed by atoms with E-state index in [9.17, 15) is 33.0 Å². The molecule has 0 amide bonds. The second-order valence-corrected chi connectivity index (χ2v) is 3.92. The number of aldehydes is 1. The number of carbonyl (C=O) groups excluding carboxylic acids is 2. The molecule has 0 radical (unpaired) electrons. The standard InChI is InChI=1S/C12H11F3O5/c1-20-11(19)10(18)9(17)7-2-6(5-16)3-8(4-7)12(13,14)15/h2-5,9-10,17-18H,1H3. The van der Waals surface area contributed by atoms with E-state index >= 15 is 0 Å². The number of hydrogen-bond donors (Lipinski definition) is 2. The fourth-order valence-corrected chi connectivity index (χ4v) is 1.51. The zero-order valence-electron chi connectivity index (χ0n) is 10.2. The molecular formula is C12H11F3O5. The normalized spacial score (nSPS) is 14.5. The monoisotopic (exact) mass is 292 g/mol. The van der Waals surface area contributed by atoms with Gasteiger partial charge in [-0.1, -0.05) is 0 Å². The molecule has 1 aromatic carbocycles. The maximum absolute atomic E-state index is 12.6. The number of esters is 1. The first-order valence-corrected chi connectivity index (χ1v) is 5.32. The van der Waals surface area contributed by atoms with Gasteiger partial charge in [-0.25, -0.2) is 4.79 Å². The van der Waals surface area contributed by atoms with E-state index in [4.69, 9.17) is 0 Å². The largest absolute Gasteiger partial charge is 0.467 e. The first kappa shape index (κ1) is 16.1. The van der Waals surface area contributed by atoms with Crippen molar-refractivity contribution in [1.82, 2.24) is 0 Å². The van der Waals surface area contributed by atoms with Gasteiger partial charge in [-0.3, -0.25) is 4.79 Å². The lowest BCUT2D eigenvalue weighted by Crippen LogP contribution is -2.29. The number of ether oxygens (including phenoxy) is 1. The van der Waals surface area contributed by atoms with Gasteiger partial charge in [0.05, 0.1) is 12.7 Å². The van der Waals surface area contributed by atoms with Crippen molar-refractivity contribution in [3.63, 3.8) is 0 Å². The molecule has 0 aliphatic carbocycles. The highest BCUT2D eigenvalue weighted by atomic mass is 19.4. The molecule has 2 unspecified atom stereocenters. The smallest absolute Gasteiger partial charge is 0.416 e. The number of methoxy groups -OCH3 is 1. The molecule has 0 saturated carbocycles. The summed E-state index contributed by atoms with van der Waals surface area (Å²) >= 11 is 0. The van der Waals surface area contributed by atoms with Crippen LogP contribution in [0.1, 0.15) is 27.6 Å². The van der Waals surface area contributed by atoms with Crippen LogP contribution in [-0.2, 0) is 15.7 Å². The molecule has 0 bridgehead atoms. The Morgan fingerprint density at radius 3 is 2.35 bits per heavy atom. The number of halogens is 3. The summed E-state index contributed by atoms with van der Waals surface area (Å²) in [5, 5.41) is 19.1. The third kappa shape index (κ3) is 3.55. The van der Waals surface area contributed by atoms with Gasteiger partial charge in [-0.05, 0) is 23.8 Å². The van der Waals surface area contributed by atoms with Crippen LogP contribution in [-0.4, -0.2) is 35.7 Å². The van der Waals surface area contributed by atoms with Gasteiger partial charge in [-0.2, -0.15) is 13.2 Å². The Kier molecular flexibility index (Phi) is 4.85. The number of hydrogen-bond acceptors (Lipinski definition) is 5. The molecule has 5 nitrogen and oxygen atoms in total. The van der Waals surface area contributed by atoms with Crippen molar-refractivity contribution >= 4 is 12.3 Å². The van der Waals surface area contributed by atoms with Crippen LogP contribution < -0.4 is 0 Å². The molecule has 0 aliphatic heterocycles. The molecule has 1 aromatic rings. The topological polar surface area (TPSA) is 83.8 Å². The SMILES string of the molecule is COC(=O)C(O)C(O)c1cc(C=O)cc(C(F)(F)F)c1. The summed E-state index contributed by atoms with van der Waals surface area (Å²) in [5.74, 6) is -1.21. The first-order chi connectivity index (χ1) is 9.20. The molecule has 1 rings (SSSR count). The van der Waals surface area contributed by atoms with Crippen molar-refractivity contribution < 1.29 is 37.7 Å². The minimum absolute atomic E-state index is 0.163. The third-order valence-corrected chi connectivity index (χ3v) is 2.52. The minimum Gasteiger partial charge on any atom is -0.467 e. The lowest BCUT2D eigenvalue weighted by molar-refractivity contribution is -0.156. The van der Waals surface area contributed by atoms with Gasteiger partial charge < -0.3 is 14.9 Å². The van der Waals surface area contributed by atoms with Crippen molar-refractivity contribution in [3.05, 3.63) is 34.9 Å². The maximum Gasteiger partial charge on any atom is 0.416 e. The highest BCUT2D eigenvalue weighted by molar-refractivity contribution is 5.77. The van der Waals surface area contributed by atoms with E-state index < -0.39 is 35.5 Å². The van der Waals surface area contributed by atoms with Gasteiger partial charge in [0.1, 0.15) is 12.4 Å². The number of rotatable bonds is 4. The van der Waals surface area contributed by atoms with Crippen LogP contribution >= 0.6 is 0 Å². The third-order valence-electron chi connectivity index (χ3n) is 2.52. The van der Waals surface area contributed by atoms with Gasteiger partial charge in [-0.15, -0.1) is 0 Å². The second kappa shape index (κ2) is 6.02. The molecule has 0 spiro atoms. The van der Waals surface area contributed by atoms with E-state index in [1.54, 1.807) is 0 Å². The van der Waals surface area contributed by atoms with E-state index in [-0.39, 0.29) is 11.8 Å². The van der Waals surface area contributed by atoms with Crippen LogP contribution in [0.4, 0.5) is 13.2 Å². The van der Waals surface area contributed by atoms with Gasteiger partial charge in [0, 0.05) is 5.56 Å². The molecule has 0 saturated heterocycles. The van der Waals surface area contributed by atoms with Crippen LogP contribution in [0.25, 0.3) is 0 Å². The van der Waals surface area contributed by atoms with Crippen molar-refractivity contribution in [1.29, 1.82) is 0 Å². The molecule has 0 aromatic heterocycles. The summed E-state index contributed by atoms with van der Waals surface area (Å²) in [5.41, 5.74) is -1.93. The molecule has 0 aliphatic rings. The average molecular weight is 292 g/mol. The maximum atomic E-state index is 12.6. The Labute approximate surface area is 111 Å². The molecule has 0 heterocycles. The quantitative estimate of drug-likeness (QED) is 0.641. The lowest BCUT2D eigenvalue weighted by Gasteiger charge is -2.18. The number of benzene rings is 1. The summed E-state index contributed by atoms with van der Waals surface area (Å²) in [6, 6.07) is 2.08. The summed E-state index contributed by atoms with van der Waals surface area (Å²) in [6.07, 6.45) is -8.56. The highest BCUT2D eigenvalue weighted by Gasteiger charge is 2.33. The summed E-state index contributed by atoms with van der Waals surface area (Å²) in [6.45, 7) is 0. The van der Waals surface area contributed by atoms with Gasteiger partial charge in [0.2, 0.25) is 0 Å². The fraction of sp³-hybridized carbons (Fsp3) is 0.333. The molecule has 2 N–H and O–H groups in total.